The van der Waals surface area contributed by atoms with E-state index in [1.807, 2.05) is 6.07 Å². The molecule has 0 saturated heterocycles. The molecular weight excluding hydrogens is 380 g/mol. The minimum Gasteiger partial charge on any atom is -0.292 e. The summed E-state index contributed by atoms with van der Waals surface area (Å²) in [5.41, 5.74) is 0.124. The third-order valence-corrected chi connectivity index (χ3v) is 4.10. The van der Waals surface area contributed by atoms with E-state index in [9.17, 15) is 14.4 Å². The zero-order valence-corrected chi connectivity index (χ0v) is 13.5. The quantitative estimate of drug-likeness (QED) is 0.664. The van der Waals surface area contributed by atoms with Crippen LogP contribution in [0.25, 0.3) is 0 Å². The van der Waals surface area contributed by atoms with E-state index in [2.05, 4.69) is 15.9 Å². The van der Waals surface area contributed by atoms with E-state index >= 15 is 0 Å². The van der Waals surface area contributed by atoms with Gasteiger partial charge in [0.1, 0.15) is 11.7 Å². The van der Waals surface area contributed by atoms with Crippen molar-refractivity contribution in [2.75, 3.05) is 0 Å². The molecule has 0 radical (unpaired) electrons. The molecule has 0 fully saturated rings. The van der Waals surface area contributed by atoms with E-state index in [4.69, 9.17) is 23.2 Å². The summed E-state index contributed by atoms with van der Waals surface area (Å²) in [7, 11) is 0. The fourth-order valence-electron chi connectivity index (χ4n) is 1.88. The highest BCUT2D eigenvalue weighted by molar-refractivity contribution is 9.10. The minimum absolute atomic E-state index is 0.171. The van der Waals surface area contributed by atoms with Crippen molar-refractivity contribution in [3.05, 3.63) is 67.9 Å². The highest BCUT2D eigenvalue weighted by Crippen LogP contribution is 2.32. The second-order valence-corrected chi connectivity index (χ2v) is 5.89. The van der Waals surface area contributed by atoms with Crippen molar-refractivity contribution in [1.82, 2.24) is 0 Å². The Bertz CT molecular complexity index is 738. The van der Waals surface area contributed by atoms with Crippen molar-refractivity contribution in [2.24, 2.45) is 0 Å². The van der Waals surface area contributed by atoms with Gasteiger partial charge in [0.05, 0.1) is 11.6 Å². The highest BCUT2D eigenvalue weighted by Gasteiger charge is 2.27. The van der Waals surface area contributed by atoms with Crippen LogP contribution in [-0.4, -0.2) is 5.78 Å². The Morgan fingerprint density at radius 3 is 2.57 bits per heavy atom. The number of hydrogen-bond acceptors (Lipinski definition) is 2. The maximum atomic E-state index is 13.9. The number of carbonyl (C=O) groups is 1. The Balaban J connectivity index is 2.52. The summed E-state index contributed by atoms with van der Waals surface area (Å²) >= 11 is 14.9. The standard InChI is InChI=1S/C15H7BrCl2FNO/c16-11-2-1-3-13(19)14(11)15(21)10(7-20)9-5-4-8(17)6-12(9)18/h1-6,10H. The van der Waals surface area contributed by atoms with Crippen LogP contribution in [-0.2, 0) is 0 Å². The molecule has 2 rings (SSSR count). The van der Waals surface area contributed by atoms with Gasteiger partial charge in [0, 0.05) is 14.5 Å². The lowest BCUT2D eigenvalue weighted by molar-refractivity contribution is 0.0974. The first kappa shape index (κ1) is 16.0. The Labute approximate surface area is 139 Å². The van der Waals surface area contributed by atoms with Crippen molar-refractivity contribution >= 4 is 44.9 Å². The normalized spacial score (nSPS) is 11.8. The van der Waals surface area contributed by atoms with Gasteiger partial charge in [-0.25, -0.2) is 4.39 Å². The Morgan fingerprint density at radius 1 is 1.29 bits per heavy atom. The summed E-state index contributed by atoms with van der Waals surface area (Å²) < 4.78 is 14.2. The molecule has 0 heterocycles. The zero-order chi connectivity index (χ0) is 15.6. The molecule has 0 aliphatic carbocycles. The first-order chi connectivity index (χ1) is 9.95. The molecule has 2 nitrogen and oxygen atoms in total. The number of nitriles is 1. The molecule has 0 N–H and O–H groups in total. The SMILES string of the molecule is N#CC(C(=O)c1c(F)cccc1Br)c1ccc(Cl)cc1Cl. The van der Waals surface area contributed by atoms with E-state index in [-0.39, 0.29) is 15.1 Å². The summed E-state index contributed by atoms with van der Waals surface area (Å²) in [6, 6.07) is 10.5. The molecular formula is C15H7BrCl2FNO. The van der Waals surface area contributed by atoms with Crippen LogP contribution >= 0.6 is 39.1 Å². The summed E-state index contributed by atoms with van der Waals surface area (Å²) in [4.78, 5) is 12.5. The molecule has 0 spiro atoms. The summed E-state index contributed by atoms with van der Waals surface area (Å²) in [5.74, 6) is -2.56. The highest BCUT2D eigenvalue weighted by atomic mass is 79.9. The van der Waals surface area contributed by atoms with Crippen LogP contribution in [0.5, 0.6) is 0 Å². The molecule has 0 aromatic heterocycles. The van der Waals surface area contributed by atoms with Crippen LogP contribution in [0.1, 0.15) is 21.8 Å². The van der Waals surface area contributed by atoms with E-state index in [1.54, 1.807) is 0 Å². The number of halogens is 4. The van der Waals surface area contributed by atoms with E-state index < -0.39 is 17.5 Å². The molecule has 2 aromatic rings. The third-order valence-electron chi connectivity index (χ3n) is 2.87. The van der Waals surface area contributed by atoms with Crippen molar-refractivity contribution < 1.29 is 9.18 Å². The summed E-state index contributed by atoms with van der Waals surface area (Å²) in [6.45, 7) is 0. The molecule has 0 saturated carbocycles. The lowest BCUT2D eigenvalue weighted by Gasteiger charge is -2.12. The van der Waals surface area contributed by atoms with Crippen LogP contribution in [0.2, 0.25) is 10.0 Å². The first-order valence-electron chi connectivity index (χ1n) is 5.78. The van der Waals surface area contributed by atoms with Gasteiger partial charge < -0.3 is 0 Å². The Kier molecular flexibility index (Phi) is 5.00. The predicted molar refractivity (Wildman–Crippen MR) is 83.2 cm³/mol. The molecule has 6 heteroatoms. The van der Waals surface area contributed by atoms with Gasteiger partial charge in [0.25, 0.3) is 0 Å². The van der Waals surface area contributed by atoms with Crippen LogP contribution in [0.3, 0.4) is 0 Å². The Hall–Kier alpha value is -1.41. The number of rotatable bonds is 3. The molecule has 2 aromatic carbocycles. The second kappa shape index (κ2) is 6.57. The summed E-state index contributed by atoms with van der Waals surface area (Å²) in [6.07, 6.45) is 0. The lowest BCUT2D eigenvalue weighted by atomic mass is 9.91. The van der Waals surface area contributed by atoms with Gasteiger partial charge in [-0.15, -0.1) is 0 Å². The number of carbonyl (C=O) groups excluding carboxylic acids is 1. The molecule has 1 unspecified atom stereocenters. The maximum absolute atomic E-state index is 13.9. The average Bonchev–Trinajstić information content (AvgIpc) is 2.41. The number of ketones is 1. The number of nitrogens with zero attached hydrogens (tertiary/aromatic N) is 1. The van der Waals surface area contributed by atoms with Gasteiger partial charge in [0.15, 0.2) is 5.78 Å². The number of benzene rings is 2. The molecule has 1 atom stereocenters. The zero-order valence-electron chi connectivity index (χ0n) is 10.4. The third kappa shape index (κ3) is 3.26. The van der Waals surface area contributed by atoms with Gasteiger partial charge in [0.2, 0.25) is 0 Å². The monoisotopic (exact) mass is 385 g/mol. The van der Waals surface area contributed by atoms with Crippen LogP contribution in [0, 0.1) is 17.1 Å². The number of Topliss-reactive ketones (excluding diaryl/α,β-unsaturated/α-hetero) is 1. The topological polar surface area (TPSA) is 40.9 Å². The fourth-order valence-corrected chi connectivity index (χ4v) is 2.94. The molecule has 106 valence electrons. The summed E-state index contributed by atoms with van der Waals surface area (Å²) in [5, 5.41) is 9.87. The van der Waals surface area contributed by atoms with Gasteiger partial charge in [-0.2, -0.15) is 5.26 Å². The van der Waals surface area contributed by atoms with Crippen molar-refractivity contribution in [3.8, 4) is 6.07 Å². The molecule has 0 aliphatic heterocycles. The van der Waals surface area contributed by atoms with Crippen LogP contribution in [0.15, 0.2) is 40.9 Å². The van der Waals surface area contributed by atoms with Gasteiger partial charge in [-0.1, -0.05) is 35.3 Å². The van der Waals surface area contributed by atoms with Gasteiger partial charge >= 0.3 is 0 Å². The van der Waals surface area contributed by atoms with E-state index in [0.29, 0.717) is 10.6 Å². The first-order valence-corrected chi connectivity index (χ1v) is 7.33. The van der Waals surface area contributed by atoms with E-state index in [1.165, 1.54) is 30.3 Å². The van der Waals surface area contributed by atoms with Gasteiger partial charge in [-0.05, 0) is 45.8 Å². The maximum Gasteiger partial charge on any atom is 0.188 e. The molecule has 0 amide bonds. The van der Waals surface area contributed by atoms with Crippen LogP contribution < -0.4 is 0 Å². The van der Waals surface area contributed by atoms with Crippen molar-refractivity contribution in [3.63, 3.8) is 0 Å². The molecule has 0 bridgehead atoms. The molecule has 21 heavy (non-hydrogen) atoms. The minimum atomic E-state index is -1.21. The second-order valence-electron chi connectivity index (χ2n) is 4.19. The van der Waals surface area contributed by atoms with Crippen molar-refractivity contribution in [1.29, 1.82) is 5.26 Å². The molecule has 0 aliphatic rings. The average molecular weight is 387 g/mol. The predicted octanol–water partition coefficient (Wildman–Crippen LogP) is 5.39. The largest absolute Gasteiger partial charge is 0.292 e. The van der Waals surface area contributed by atoms with Crippen molar-refractivity contribution in [2.45, 2.75) is 5.92 Å². The van der Waals surface area contributed by atoms with Crippen LogP contribution in [0.4, 0.5) is 4.39 Å². The smallest absolute Gasteiger partial charge is 0.188 e. The number of hydrogen-bond donors (Lipinski definition) is 0. The Morgan fingerprint density at radius 2 is 2.00 bits per heavy atom. The lowest BCUT2D eigenvalue weighted by Crippen LogP contribution is -2.14. The van der Waals surface area contributed by atoms with Gasteiger partial charge in [-0.3, -0.25) is 4.79 Å². The fraction of sp³-hybridized carbons (Fsp3) is 0.0667. The van der Waals surface area contributed by atoms with E-state index in [0.717, 1.165) is 6.07 Å².